The van der Waals surface area contributed by atoms with Crippen molar-refractivity contribution < 1.29 is 14.6 Å². The Bertz CT molecular complexity index is 563. The van der Waals surface area contributed by atoms with Crippen LogP contribution in [0, 0.1) is 5.41 Å². The quantitative estimate of drug-likeness (QED) is 0.875. The number of carbonyl (C=O) groups is 1. The average molecular weight is 336 g/mol. The maximum atomic E-state index is 11.8. The predicted molar refractivity (Wildman–Crippen MR) is 91.7 cm³/mol. The summed E-state index contributed by atoms with van der Waals surface area (Å²) in [6.45, 7) is 9.84. The van der Waals surface area contributed by atoms with Crippen LogP contribution in [0.4, 0.5) is 10.6 Å². The fourth-order valence-corrected chi connectivity index (χ4v) is 2.77. The molecule has 1 aliphatic heterocycles. The van der Waals surface area contributed by atoms with E-state index in [1.807, 2.05) is 20.8 Å². The van der Waals surface area contributed by atoms with Crippen molar-refractivity contribution in [3.05, 3.63) is 18.1 Å². The number of rotatable bonds is 4. The number of aromatic nitrogens is 2. The molecule has 24 heavy (non-hydrogen) atoms. The molecule has 0 saturated carbocycles. The van der Waals surface area contributed by atoms with Gasteiger partial charge in [0.1, 0.15) is 11.3 Å². The van der Waals surface area contributed by atoms with Gasteiger partial charge in [-0.15, -0.1) is 0 Å². The zero-order chi connectivity index (χ0) is 17.8. The molecule has 1 aliphatic rings. The molecule has 0 radical (unpaired) electrons. The van der Waals surface area contributed by atoms with Crippen LogP contribution in [0.5, 0.6) is 0 Å². The fraction of sp³-hybridized carbons (Fsp3) is 0.706. The Morgan fingerprint density at radius 3 is 2.54 bits per heavy atom. The summed E-state index contributed by atoms with van der Waals surface area (Å²) < 4.78 is 5.29. The van der Waals surface area contributed by atoms with E-state index in [1.54, 1.807) is 12.4 Å². The van der Waals surface area contributed by atoms with Crippen LogP contribution < -0.4 is 10.2 Å². The number of hydrogen-bond donors (Lipinski definition) is 2. The van der Waals surface area contributed by atoms with Crippen LogP contribution in [0.2, 0.25) is 0 Å². The minimum Gasteiger partial charge on any atom is -0.444 e. The SMILES string of the molecule is CC1(CNC(=O)OC(C)(C)C)CCN(c2nccnc2CO)CC1. The van der Waals surface area contributed by atoms with Crippen molar-refractivity contribution in [2.24, 2.45) is 5.41 Å². The third-order valence-electron chi connectivity index (χ3n) is 4.23. The van der Waals surface area contributed by atoms with Gasteiger partial charge in [0.2, 0.25) is 0 Å². The van der Waals surface area contributed by atoms with Gasteiger partial charge < -0.3 is 20.1 Å². The molecule has 0 atom stereocenters. The van der Waals surface area contributed by atoms with Gasteiger partial charge in [-0.2, -0.15) is 0 Å². The standard InChI is InChI=1S/C17H28N4O3/c1-16(2,3)24-15(23)20-12-17(4)5-9-21(10-6-17)14-13(11-22)18-7-8-19-14/h7-8,22H,5-6,9-12H2,1-4H3,(H,20,23). The van der Waals surface area contributed by atoms with Gasteiger partial charge in [-0.05, 0) is 39.0 Å². The summed E-state index contributed by atoms with van der Waals surface area (Å²) in [5.74, 6) is 0.752. The maximum Gasteiger partial charge on any atom is 0.407 e. The van der Waals surface area contributed by atoms with Crippen molar-refractivity contribution >= 4 is 11.9 Å². The van der Waals surface area contributed by atoms with E-state index in [1.165, 1.54) is 0 Å². The second-order valence-electron chi connectivity index (χ2n) is 7.64. The Morgan fingerprint density at radius 1 is 1.33 bits per heavy atom. The normalized spacial score (nSPS) is 17.5. The highest BCUT2D eigenvalue weighted by Crippen LogP contribution is 2.32. The molecule has 2 rings (SSSR count). The first kappa shape index (κ1) is 18.4. The summed E-state index contributed by atoms with van der Waals surface area (Å²) in [5.41, 5.74) is 0.142. The summed E-state index contributed by atoms with van der Waals surface area (Å²) >= 11 is 0. The zero-order valence-corrected chi connectivity index (χ0v) is 15.0. The van der Waals surface area contributed by atoms with Crippen molar-refractivity contribution in [2.45, 2.75) is 52.7 Å². The van der Waals surface area contributed by atoms with E-state index in [2.05, 4.69) is 27.1 Å². The highest BCUT2D eigenvalue weighted by Gasteiger charge is 2.32. The Labute approximate surface area is 143 Å². The summed E-state index contributed by atoms with van der Waals surface area (Å²) in [7, 11) is 0. The molecule has 134 valence electrons. The molecular weight excluding hydrogens is 308 g/mol. The van der Waals surface area contributed by atoms with Gasteiger partial charge >= 0.3 is 6.09 Å². The topological polar surface area (TPSA) is 87.6 Å². The summed E-state index contributed by atoms with van der Waals surface area (Å²) in [6.07, 6.45) is 4.71. The van der Waals surface area contributed by atoms with Gasteiger partial charge in [0.15, 0.2) is 5.82 Å². The molecule has 0 aliphatic carbocycles. The molecule has 7 nitrogen and oxygen atoms in total. The Morgan fingerprint density at radius 2 is 1.96 bits per heavy atom. The van der Waals surface area contributed by atoms with Crippen molar-refractivity contribution in [3.8, 4) is 0 Å². The van der Waals surface area contributed by atoms with Crippen LogP contribution >= 0.6 is 0 Å². The van der Waals surface area contributed by atoms with Crippen LogP contribution in [0.3, 0.4) is 0 Å². The van der Waals surface area contributed by atoms with Gasteiger partial charge in [-0.1, -0.05) is 6.92 Å². The highest BCUT2D eigenvalue weighted by atomic mass is 16.6. The lowest BCUT2D eigenvalue weighted by molar-refractivity contribution is 0.0495. The molecule has 1 amide bonds. The van der Waals surface area contributed by atoms with Crippen LogP contribution in [-0.4, -0.2) is 46.4 Å². The van der Waals surface area contributed by atoms with E-state index in [-0.39, 0.29) is 18.1 Å². The van der Waals surface area contributed by atoms with Crippen molar-refractivity contribution in [1.29, 1.82) is 0 Å². The number of alkyl carbamates (subject to hydrolysis) is 1. The lowest BCUT2D eigenvalue weighted by atomic mass is 9.80. The van der Waals surface area contributed by atoms with E-state index in [9.17, 15) is 9.90 Å². The first-order valence-corrected chi connectivity index (χ1v) is 8.35. The largest absolute Gasteiger partial charge is 0.444 e. The number of hydrogen-bond acceptors (Lipinski definition) is 6. The average Bonchev–Trinajstić information content (AvgIpc) is 2.52. The van der Waals surface area contributed by atoms with Gasteiger partial charge in [0.25, 0.3) is 0 Å². The molecule has 0 unspecified atom stereocenters. The van der Waals surface area contributed by atoms with Gasteiger partial charge in [0, 0.05) is 32.0 Å². The van der Waals surface area contributed by atoms with Crippen molar-refractivity contribution in [3.63, 3.8) is 0 Å². The van der Waals surface area contributed by atoms with E-state index in [0.29, 0.717) is 12.2 Å². The Kier molecular flexibility index (Phi) is 5.64. The second kappa shape index (κ2) is 7.34. The van der Waals surface area contributed by atoms with Gasteiger partial charge in [-0.25, -0.2) is 9.78 Å². The maximum absolute atomic E-state index is 11.8. The fourth-order valence-electron chi connectivity index (χ4n) is 2.77. The molecule has 0 aromatic carbocycles. The number of aliphatic hydroxyl groups excluding tert-OH is 1. The molecule has 1 aromatic heterocycles. The van der Waals surface area contributed by atoms with E-state index in [4.69, 9.17) is 4.74 Å². The van der Waals surface area contributed by atoms with Crippen molar-refractivity contribution in [1.82, 2.24) is 15.3 Å². The van der Waals surface area contributed by atoms with E-state index in [0.717, 1.165) is 31.7 Å². The van der Waals surface area contributed by atoms with Crippen LogP contribution in [0.1, 0.15) is 46.2 Å². The van der Waals surface area contributed by atoms with Crippen LogP contribution in [0.15, 0.2) is 12.4 Å². The van der Waals surface area contributed by atoms with E-state index >= 15 is 0 Å². The number of aliphatic hydroxyl groups is 1. The number of ether oxygens (including phenoxy) is 1. The number of amides is 1. The first-order chi connectivity index (χ1) is 11.2. The predicted octanol–water partition coefficient (Wildman–Crippen LogP) is 2.10. The molecule has 0 spiro atoms. The number of anilines is 1. The summed E-state index contributed by atoms with van der Waals surface area (Å²) in [4.78, 5) is 22.5. The lowest BCUT2D eigenvalue weighted by Crippen LogP contribution is -2.46. The number of carbonyl (C=O) groups excluding carboxylic acids is 1. The first-order valence-electron chi connectivity index (χ1n) is 8.35. The van der Waals surface area contributed by atoms with Gasteiger partial charge in [-0.3, -0.25) is 4.98 Å². The molecule has 2 N–H and O–H groups in total. The third-order valence-corrected chi connectivity index (χ3v) is 4.23. The zero-order valence-electron chi connectivity index (χ0n) is 15.0. The smallest absolute Gasteiger partial charge is 0.407 e. The molecule has 1 saturated heterocycles. The minimum absolute atomic E-state index is 0.0228. The lowest BCUT2D eigenvalue weighted by Gasteiger charge is -2.40. The summed E-state index contributed by atoms with van der Waals surface area (Å²) in [5, 5.41) is 12.3. The van der Waals surface area contributed by atoms with E-state index < -0.39 is 5.60 Å². The molecule has 1 fully saturated rings. The second-order valence-corrected chi connectivity index (χ2v) is 7.64. The number of nitrogens with one attached hydrogen (secondary N) is 1. The molecule has 0 bridgehead atoms. The van der Waals surface area contributed by atoms with Crippen LogP contribution in [0.25, 0.3) is 0 Å². The number of nitrogens with zero attached hydrogens (tertiary/aromatic N) is 3. The monoisotopic (exact) mass is 336 g/mol. The van der Waals surface area contributed by atoms with Crippen LogP contribution in [-0.2, 0) is 11.3 Å². The molecular formula is C17H28N4O3. The Hall–Kier alpha value is -1.89. The molecule has 7 heteroatoms. The minimum atomic E-state index is -0.485. The number of piperidine rings is 1. The third kappa shape index (κ3) is 5.06. The van der Waals surface area contributed by atoms with Crippen molar-refractivity contribution in [2.75, 3.05) is 24.5 Å². The molecule has 1 aromatic rings. The highest BCUT2D eigenvalue weighted by molar-refractivity contribution is 5.67. The Balaban J connectivity index is 1.88. The summed E-state index contributed by atoms with van der Waals surface area (Å²) in [6, 6.07) is 0. The molecule has 2 heterocycles. The van der Waals surface area contributed by atoms with Gasteiger partial charge in [0.05, 0.1) is 6.61 Å².